The van der Waals surface area contributed by atoms with Crippen molar-refractivity contribution in [1.82, 2.24) is 5.06 Å². The number of rotatable bonds is 9. The number of nitrogens with zero attached hydrogens (tertiary/aromatic N) is 1. The van der Waals surface area contributed by atoms with Crippen LogP contribution in [-0.2, 0) is 26.0 Å². The van der Waals surface area contributed by atoms with E-state index in [0.717, 1.165) is 31.4 Å². The summed E-state index contributed by atoms with van der Waals surface area (Å²) >= 11 is 0. The van der Waals surface area contributed by atoms with Gasteiger partial charge in [0.25, 0.3) is 0 Å². The molecule has 2 aromatic carbocycles. The molecule has 0 aliphatic carbocycles. The summed E-state index contributed by atoms with van der Waals surface area (Å²) in [5, 5.41) is 2.08. The fourth-order valence-corrected chi connectivity index (χ4v) is 5.83. The van der Waals surface area contributed by atoms with Gasteiger partial charge in [0.1, 0.15) is 6.10 Å². The molecule has 1 unspecified atom stereocenters. The first-order valence-electron chi connectivity index (χ1n) is 10.5. The summed E-state index contributed by atoms with van der Waals surface area (Å²) in [6.45, 7) is 2.09. The minimum absolute atomic E-state index is 0.0666. The summed E-state index contributed by atoms with van der Waals surface area (Å²) in [7, 11) is -3.22. The average Bonchev–Trinajstić information content (AvgIpc) is 2.92. The Morgan fingerprint density at radius 1 is 1.03 bits per heavy atom. The molecular weight excluding hydrogens is 386 g/mol. The molecule has 2 heterocycles. The fraction of sp³-hybridized carbons (Fsp3) is 0.478. The maximum absolute atomic E-state index is 12.5. The molecule has 4 atom stereocenters. The zero-order chi connectivity index (χ0) is 20.1. The molecule has 5 nitrogen and oxygen atoms in total. The highest BCUT2D eigenvalue weighted by atomic mass is 32.2. The second-order valence-electron chi connectivity index (χ2n) is 7.93. The first-order valence-corrected chi connectivity index (χ1v) is 12.1. The van der Waals surface area contributed by atoms with Crippen LogP contribution in [0.3, 0.4) is 0 Å². The normalized spacial score (nSPS) is 26.5. The van der Waals surface area contributed by atoms with Gasteiger partial charge in [0, 0.05) is 18.5 Å². The number of hydrogen-bond acceptors (Lipinski definition) is 5. The predicted octanol–water partition coefficient (Wildman–Crippen LogP) is 3.85. The number of hydroxylamine groups is 2. The Labute approximate surface area is 173 Å². The topological polar surface area (TPSA) is 55.8 Å². The molecule has 29 heavy (non-hydrogen) atoms. The molecule has 6 heteroatoms. The standard InChI is InChI=1S/C23H29NO4S/c25-29(26,20-11-5-2-6-12-20)16-8-14-22-21-13-7-15-24(22)28-23(21)18-27-17-19-9-3-1-4-10-19/h1-6,9-12,21-23H,7-8,13-18H2/t21-,22-,23+/m0/s1. The van der Waals surface area contributed by atoms with Gasteiger partial charge in [-0.2, -0.15) is 5.06 Å². The maximum atomic E-state index is 12.5. The van der Waals surface area contributed by atoms with Crippen LogP contribution >= 0.6 is 0 Å². The predicted molar refractivity (Wildman–Crippen MR) is 112 cm³/mol. The lowest BCUT2D eigenvalue weighted by Crippen LogP contribution is -2.38. The largest absolute Gasteiger partial charge is 0.374 e. The second-order valence-corrected chi connectivity index (χ2v) is 10.0. The zero-order valence-electron chi connectivity index (χ0n) is 16.7. The van der Waals surface area contributed by atoms with Gasteiger partial charge in [0.05, 0.1) is 23.9 Å². The van der Waals surface area contributed by atoms with Gasteiger partial charge in [0.15, 0.2) is 9.84 Å². The minimum atomic E-state index is -3.22. The highest BCUT2D eigenvalue weighted by molar-refractivity contribution is 7.91. The van der Waals surface area contributed by atoms with Gasteiger partial charge in [-0.05, 0) is 43.4 Å². The van der Waals surface area contributed by atoms with Crippen LogP contribution in [0.5, 0.6) is 0 Å². The highest BCUT2D eigenvalue weighted by Gasteiger charge is 2.45. The number of piperidine rings is 1. The summed E-state index contributed by atoms with van der Waals surface area (Å²) in [6, 6.07) is 19.2. The van der Waals surface area contributed by atoms with Crippen LogP contribution in [0.15, 0.2) is 65.6 Å². The lowest BCUT2D eigenvalue weighted by Gasteiger charge is -2.30. The van der Waals surface area contributed by atoms with E-state index < -0.39 is 9.84 Å². The van der Waals surface area contributed by atoms with E-state index in [0.29, 0.717) is 36.5 Å². The molecule has 2 fully saturated rings. The van der Waals surface area contributed by atoms with Crippen LogP contribution in [0.25, 0.3) is 0 Å². The van der Waals surface area contributed by atoms with Crippen molar-refractivity contribution >= 4 is 9.84 Å². The van der Waals surface area contributed by atoms with Gasteiger partial charge < -0.3 is 4.74 Å². The van der Waals surface area contributed by atoms with Crippen molar-refractivity contribution in [3.8, 4) is 0 Å². The lowest BCUT2D eigenvalue weighted by molar-refractivity contribution is -0.174. The van der Waals surface area contributed by atoms with Crippen LogP contribution < -0.4 is 0 Å². The molecule has 2 aromatic rings. The van der Waals surface area contributed by atoms with E-state index in [1.807, 2.05) is 24.3 Å². The molecule has 0 spiro atoms. The summed E-state index contributed by atoms with van der Waals surface area (Å²) in [5.41, 5.74) is 1.16. The van der Waals surface area contributed by atoms with E-state index in [9.17, 15) is 8.42 Å². The number of benzene rings is 2. The molecule has 2 aliphatic rings. The molecular formula is C23H29NO4S. The van der Waals surface area contributed by atoms with Crippen molar-refractivity contribution in [2.24, 2.45) is 5.92 Å². The van der Waals surface area contributed by atoms with Crippen molar-refractivity contribution in [2.45, 2.75) is 49.3 Å². The Kier molecular flexibility index (Phi) is 6.65. The Hall–Kier alpha value is -1.73. The third-order valence-electron chi connectivity index (χ3n) is 5.94. The van der Waals surface area contributed by atoms with Crippen LogP contribution in [-0.4, -0.2) is 44.5 Å². The Bertz CT molecular complexity index is 872. The number of sulfone groups is 1. The molecule has 0 amide bonds. The van der Waals surface area contributed by atoms with Gasteiger partial charge in [-0.25, -0.2) is 8.42 Å². The molecule has 0 aromatic heterocycles. The Balaban J connectivity index is 1.28. The second kappa shape index (κ2) is 9.39. The molecule has 156 valence electrons. The van der Waals surface area contributed by atoms with Crippen LogP contribution in [0.2, 0.25) is 0 Å². The molecule has 2 saturated heterocycles. The quantitative estimate of drug-likeness (QED) is 0.623. The number of ether oxygens (including phenoxy) is 1. The van der Waals surface area contributed by atoms with Crippen molar-refractivity contribution in [3.05, 3.63) is 66.2 Å². The summed E-state index contributed by atoms with van der Waals surface area (Å²) in [4.78, 5) is 6.57. The summed E-state index contributed by atoms with van der Waals surface area (Å²) in [5.74, 6) is 0.599. The minimum Gasteiger partial charge on any atom is -0.374 e. The van der Waals surface area contributed by atoms with Gasteiger partial charge in [-0.3, -0.25) is 4.84 Å². The van der Waals surface area contributed by atoms with Crippen LogP contribution in [0.4, 0.5) is 0 Å². The fourth-order valence-electron chi connectivity index (χ4n) is 4.48. The van der Waals surface area contributed by atoms with E-state index in [4.69, 9.17) is 9.57 Å². The molecule has 4 rings (SSSR count). The van der Waals surface area contributed by atoms with Gasteiger partial charge in [0.2, 0.25) is 0 Å². The van der Waals surface area contributed by atoms with Gasteiger partial charge in [-0.15, -0.1) is 0 Å². The van der Waals surface area contributed by atoms with Crippen molar-refractivity contribution < 1.29 is 18.0 Å². The lowest BCUT2D eigenvalue weighted by atomic mass is 9.85. The number of fused-ring (bicyclic) bond motifs is 2. The molecule has 0 N–H and O–H groups in total. The summed E-state index contributed by atoms with van der Waals surface area (Å²) < 4.78 is 31.0. The first-order chi connectivity index (χ1) is 14.1. The number of hydrogen-bond donors (Lipinski definition) is 0. The first kappa shape index (κ1) is 20.5. The van der Waals surface area contributed by atoms with E-state index in [1.54, 1.807) is 24.3 Å². The zero-order valence-corrected chi connectivity index (χ0v) is 17.5. The van der Waals surface area contributed by atoms with E-state index >= 15 is 0 Å². The maximum Gasteiger partial charge on any atom is 0.178 e. The Morgan fingerprint density at radius 2 is 1.76 bits per heavy atom. The molecule has 2 bridgehead atoms. The van der Waals surface area contributed by atoms with Crippen LogP contribution in [0, 0.1) is 5.92 Å². The third kappa shape index (κ3) is 5.07. The average molecular weight is 416 g/mol. The van der Waals surface area contributed by atoms with E-state index in [-0.39, 0.29) is 11.9 Å². The summed E-state index contributed by atoms with van der Waals surface area (Å²) in [6.07, 6.45) is 3.80. The monoisotopic (exact) mass is 415 g/mol. The molecule has 0 saturated carbocycles. The van der Waals surface area contributed by atoms with Crippen molar-refractivity contribution in [2.75, 3.05) is 18.9 Å². The molecule has 2 aliphatic heterocycles. The SMILES string of the molecule is O=S(=O)(CCC[C@H]1[C@@H]2CCCN1O[C@@H]2COCc1ccccc1)c1ccccc1. The van der Waals surface area contributed by atoms with E-state index in [1.165, 1.54) is 0 Å². The van der Waals surface area contributed by atoms with Crippen molar-refractivity contribution in [3.63, 3.8) is 0 Å². The molecule has 0 radical (unpaired) electrons. The van der Waals surface area contributed by atoms with Gasteiger partial charge >= 0.3 is 0 Å². The Morgan fingerprint density at radius 3 is 2.52 bits per heavy atom. The van der Waals surface area contributed by atoms with Crippen molar-refractivity contribution in [1.29, 1.82) is 0 Å². The highest BCUT2D eigenvalue weighted by Crippen LogP contribution is 2.38. The van der Waals surface area contributed by atoms with Gasteiger partial charge in [-0.1, -0.05) is 48.5 Å². The smallest absolute Gasteiger partial charge is 0.178 e. The third-order valence-corrected chi connectivity index (χ3v) is 7.75. The van der Waals surface area contributed by atoms with E-state index in [2.05, 4.69) is 17.2 Å². The van der Waals surface area contributed by atoms with Crippen LogP contribution in [0.1, 0.15) is 31.2 Å².